The number of ether oxygens (including phenoxy) is 1. The van der Waals surface area contributed by atoms with E-state index < -0.39 is 46.9 Å². The second kappa shape index (κ2) is 11.4. The summed E-state index contributed by atoms with van der Waals surface area (Å²) in [4.78, 5) is 44.4. The van der Waals surface area contributed by atoms with Crippen LogP contribution in [0.2, 0.25) is 0 Å². The summed E-state index contributed by atoms with van der Waals surface area (Å²) < 4.78 is 37.0. The Bertz CT molecular complexity index is 947. The number of nitrogen functional groups attached to an aromatic ring is 1. The van der Waals surface area contributed by atoms with Crippen LogP contribution in [0.1, 0.15) is 7.12 Å². The summed E-state index contributed by atoms with van der Waals surface area (Å²) in [5, 5.41) is 7.53. The van der Waals surface area contributed by atoms with Crippen LogP contribution >= 0.6 is 33.9 Å². The summed E-state index contributed by atoms with van der Waals surface area (Å²) >= 11 is 3.06. The van der Waals surface area contributed by atoms with Crippen LogP contribution in [-0.4, -0.2) is 75.6 Å². The first-order valence-electron chi connectivity index (χ1n) is 7.57. The minimum Gasteiger partial charge on any atom is -1.00 e. The van der Waals surface area contributed by atoms with Crippen molar-refractivity contribution in [3.8, 4) is 0 Å². The maximum atomic E-state index is 12.6. The van der Waals surface area contributed by atoms with Gasteiger partial charge >= 0.3 is 46.0 Å². The van der Waals surface area contributed by atoms with Gasteiger partial charge in [-0.25, -0.2) is 14.1 Å². The van der Waals surface area contributed by atoms with E-state index in [2.05, 4.69) is 20.2 Å². The molecule has 1 aromatic rings. The summed E-state index contributed by atoms with van der Waals surface area (Å²) in [6.07, 6.45) is -1.24. The number of halogens is 1. The summed E-state index contributed by atoms with van der Waals surface area (Å²) in [7, 11) is -4.95. The molecule has 3 amide bonds. The van der Waals surface area contributed by atoms with Crippen molar-refractivity contribution in [2.75, 3.05) is 23.4 Å². The minimum atomic E-state index is -4.95. The average molecular weight is 586 g/mol. The van der Waals surface area contributed by atoms with Crippen molar-refractivity contribution in [3.05, 3.63) is 11.1 Å². The molecule has 0 saturated carbocycles. The number of anilines is 1. The average Bonchev–Trinajstić information content (AvgIpc) is 3.04. The van der Waals surface area contributed by atoms with E-state index in [9.17, 15) is 22.8 Å². The molecule has 1 aliphatic heterocycles. The van der Waals surface area contributed by atoms with Gasteiger partial charge < -0.3 is 27.8 Å². The van der Waals surface area contributed by atoms with Crippen molar-refractivity contribution in [2.24, 2.45) is 10.9 Å². The van der Waals surface area contributed by atoms with E-state index in [1.54, 1.807) is 0 Å². The van der Waals surface area contributed by atoms with Crippen LogP contribution in [0.25, 0.3) is 0 Å². The van der Waals surface area contributed by atoms with Crippen LogP contribution in [0.4, 0.5) is 9.93 Å². The fourth-order valence-corrected chi connectivity index (χ4v) is 3.86. The topological polar surface area (TPSA) is 217 Å². The number of nitrogens with zero attached hydrogens (tertiary/aromatic N) is 3. The van der Waals surface area contributed by atoms with E-state index in [4.69, 9.17) is 20.9 Å². The number of hydrogen-bond donors (Lipinski definition) is 4. The Hall–Kier alpha value is -1.25. The molecule has 0 unspecified atom stereocenters. The van der Waals surface area contributed by atoms with Gasteiger partial charge in [-0.1, -0.05) is 27.7 Å². The molecule has 1 saturated heterocycles. The van der Waals surface area contributed by atoms with Crippen LogP contribution in [0, 0.1) is 0 Å². The molecule has 0 aromatic carbocycles. The number of alkyl halides is 1. The van der Waals surface area contributed by atoms with E-state index in [-0.39, 0.29) is 58.4 Å². The quantitative estimate of drug-likeness (QED) is 0.0318. The van der Waals surface area contributed by atoms with Crippen molar-refractivity contribution >= 4 is 73.0 Å². The predicted molar refractivity (Wildman–Crippen MR) is 109 cm³/mol. The maximum absolute atomic E-state index is 12.6. The molecule has 2 atom stereocenters. The third-order valence-electron chi connectivity index (χ3n) is 3.40. The molecule has 0 aliphatic carbocycles. The Morgan fingerprint density at radius 2 is 2.17 bits per heavy atom. The van der Waals surface area contributed by atoms with Gasteiger partial charge in [0.25, 0.3) is 11.8 Å². The molecule has 18 heteroatoms. The van der Waals surface area contributed by atoms with Crippen LogP contribution < -0.4 is 46.3 Å². The Morgan fingerprint density at radius 1 is 1.50 bits per heavy atom. The number of primary amides is 1. The molecule has 30 heavy (non-hydrogen) atoms. The zero-order chi connectivity index (χ0) is 21.8. The Morgan fingerprint density at radius 3 is 2.67 bits per heavy atom. The number of amides is 3. The standard InChI is InChI=1S/C12H15IN6O8S2.Na.H/c13-1-2-27-18-7(5-4-28-11(14)16-5)9(20)17-8-6(3-26-12(15)22)19(10(8)21)29(23,24)25;;/h4,6,8H,1-3H2,(H2,14,16)(H2,15,22)(H,17,20)(H,23,24,25);;/q;+1;-1/b18-7-;;/t6-,8+;;/m1../s1. The number of rotatable bonds is 9. The van der Waals surface area contributed by atoms with E-state index in [0.29, 0.717) is 4.43 Å². The van der Waals surface area contributed by atoms with E-state index in [1.165, 1.54) is 5.38 Å². The molecule has 0 bridgehead atoms. The number of thiazole rings is 1. The molecule has 2 heterocycles. The molecule has 0 spiro atoms. The summed E-state index contributed by atoms with van der Waals surface area (Å²) in [6, 6.07) is -2.86. The first kappa shape index (κ1) is 26.8. The number of carbonyl (C=O) groups excluding carboxylic acids is 3. The maximum Gasteiger partial charge on any atom is 1.00 e. The van der Waals surface area contributed by atoms with Gasteiger partial charge in [-0.2, -0.15) is 8.42 Å². The van der Waals surface area contributed by atoms with Gasteiger partial charge in [0.1, 0.15) is 31.0 Å². The minimum absolute atomic E-state index is 0. The molecule has 162 valence electrons. The van der Waals surface area contributed by atoms with Crippen LogP contribution in [-0.2, 0) is 29.5 Å². The Balaban J connectivity index is 0.00000450. The predicted octanol–water partition coefficient (Wildman–Crippen LogP) is -4.41. The number of aromatic nitrogens is 1. The first-order chi connectivity index (χ1) is 13.6. The number of carbonyl (C=O) groups is 3. The SMILES string of the molecule is NC(=O)OC[C@@H]1[C@H](NC(=O)/C(=N\OCCI)c2csc(N)n2)C(=O)N1S(=O)(=O)O.[H-].[Na+]. The Labute approximate surface area is 211 Å². The van der Waals surface area contributed by atoms with Crippen molar-refractivity contribution < 1.29 is 67.9 Å². The largest absolute Gasteiger partial charge is 1.00 e. The van der Waals surface area contributed by atoms with Crippen molar-refractivity contribution in [2.45, 2.75) is 12.1 Å². The number of nitrogens with two attached hydrogens (primary N) is 2. The van der Waals surface area contributed by atoms with Gasteiger partial charge in [0.05, 0.1) is 0 Å². The van der Waals surface area contributed by atoms with Crippen LogP contribution in [0.15, 0.2) is 10.5 Å². The number of oxime groups is 1. The van der Waals surface area contributed by atoms with Gasteiger partial charge in [-0.15, -0.1) is 11.3 Å². The molecule has 14 nitrogen and oxygen atoms in total. The van der Waals surface area contributed by atoms with Crippen molar-refractivity contribution in [3.63, 3.8) is 0 Å². The second-order valence-corrected chi connectivity index (χ2v) is 8.55. The zero-order valence-electron chi connectivity index (χ0n) is 16.3. The Kier molecular flexibility index (Phi) is 10.2. The molecule has 1 aromatic heterocycles. The molecular formula is C12H16IN6NaO8S2. The molecular weight excluding hydrogens is 570 g/mol. The summed E-state index contributed by atoms with van der Waals surface area (Å²) in [5.74, 6) is -2.08. The van der Waals surface area contributed by atoms with Gasteiger partial charge in [0, 0.05) is 9.81 Å². The van der Waals surface area contributed by atoms with Crippen LogP contribution in [0.5, 0.6) is 0 Å². The molecule has 1 aliphatic rings. The summed E-state index contributed by atoms with van der Waals surface area (Å²) in [6.45, 7) is -0.502. The molecule has 1 fully saturated rings. The monoisotopic (exact) mass is 586 g/mol. The smallest absolute Gasteiger partial charge is 1.00 e. The second-order valence-electron chi connectivity index (χ2n) is 5.29. The third kappa shape index (κ3) is 6.62. The molecule has 0 radical (unpaired) electrons. The van der Waals surface area contributed by atoms with Gasteiger partial charge in [0.15, 0.2) is 10.8 Å². The molecule has 2 rings (SSSR count). The summed E-state index contributed by atoms with van der Waals surface area (Å²) in [5.41, 5.74) is 10.1. The number of nitrogens with one attached hydrogen (secondary N) is 1. The van der Waals surface area contributed by atoms with E-state index in [0.717, 1.165) is 11.3 Å². The van der Waals surface area contributed by atoms with E-state index in [1.807, 2.05) is 22.6 Å². The normalized spacial score (nSPS) is 18.8. The zero-order valence-corrected chi connectivity index (χ0v) is 21.1. The van der Waals surface area contributed by atoms with Crippen molar-refractivity contribution in [1.82, 2.24) is 14.6 Å². The van der Waals surface area contributed by atoms with E-state index >= 15 is 0 Å². The van der Waals surface area contributed by atoms with Gasteiger partial charge in [-0.05, 0) is 0 Å². The van der Waals surface area contributed by atoms with Crippen molar-refractivity contribution in [1.29, 1.82) is 0 Å². The van der Waals surface area contributed by atoms with Gasteiger partial charge in [-0.3, -0.25) is 14.1 Å². The van der Waals surface area contributed by atoms with Gasteiger partial charge in [0.2, 0.25) is 0 Å². The fourth-order valence-electron chi connectivity index (χ4n) is 2.25. The number of hydrogen-bond acceptors (Lipinski definition) is 11. The molecule has 6 N–H and O–H groups in total. The fraction of sp³-hybridized carbons (Fsp3) is 0.417. The third-order valence-corrected chi connectivity index (χ3v) is 5.47. The number of β-lactam (4-membered cyclic amide) rings is 1. The first-order valence-corrected chi connectivity index (χ1v) is 11.4. The van der Waals surface area contributed by atoms with Crippen LogP contribution in [0.3, 0.4) is 0 Å².